The fourth-order valence-electron chi connectivity index (χ4n) is 0.884. The Kier molecular flexibility index (Phi) is 1.75. The van der Waals surface area contributed by atoms with Crippen molar-refractivity contribution in [2.75, 3.05) is 6.54 Å². The summed E-state index contributed by atoms with van der Waals surface area (Å²) in [4.78, 5) is 14.5. The van der Waals surface area contributed by atoms with Crippen molar-refractivity contribution in [2.24, 2.45) is 16.5 Å². The lowest BCUT2D eigenvalue weighted by molar-refractivity contribution is -0.120. The van der Waals surface area contributed by atoms with E-state index in [4.69, 9.17) is 11.5 Å². The van der Waals surface area contributed by atoms with Crippen molar-refractivity contribution < 1.29 is 4.79 Å². The fourth-order valence-corrected chi connectivity index (χ4v) is 0.884. The summed E-state index contributed by atoms with van der Waals surface area (Å²) in [6.07, 6.45) is 0.691. The van der Waals surface area contributed by atoms with Gasteiger partial charge in [-0.05, 0) is 6.42 Å². The molecule has 56 valence electrons. The van der Waals surface area contributed by atoms with Gasteiger partial charge < -0.3 is 16.8 Å². The minimum Gasteiger partial charge on any atom is -0.370 e. The summed E-state index contributed by atoms with van der Waals surface area (Å²) in [5.41, 5.74) is 10.2. The Morgan fingerprint density at radius 2 is 2.40 bits per heavy atom. The van der Waals surface area contributed by atoms with Crippen molar-refractivity contribution in [3.8, 4) is 0 Å². The predicted molar refractivity (Wildman–Crippen MR) is 37.2 cm³/mol. The van der Waals surface area contributed by atoms with Crippen LogP contribution in [0.5, 0.6) is 0 Å². The van der Waals surface area contributed by atoms with Gasteiger partial charge in [-0.15, -0.1) is 0 Å². The summed E-state index contributed by atoms with van der Waals surface area (Å²) < 4.78 is 0. The van der Waals surface area contributed by atoms with Crippen LogP contribution in [-0.4, -0.2) is 24.5 Å². The maximum Gasteiger partial charge on any atom is 0.245 e. The summed E-state index contributed by atoms with van der Waals surface area (Å²) in [6, 6.07) is -0.356. The molecule has 0 aromatic heterocycles. The van der Waals surface area contributed by atoms with E-state index in [2.05, 4.69) is 10.3 Å². The first-order valence-corrected chi connectivity index (χ1v) is 3.06. The number of nitrogens with zero attached hydrogens (tertiary/aromatic N) is 1. The first-order valence-electron chi connectivity index (χ1n) is 3.06. The van der Waals surface area contributed by atoms with Crippen molar-refractivity contribution in [1.82, 2.24) is 5.32 Å². The van der Waals surface area contributed by atoms with Crippen LogP contribution >= 0.6 is 0 Å². The van der Waals surface area contributed by atoms with Gasteiger partial charge in [0.25, 0.3) is 0 Å². The van der Waals surface area contributed by atoms with Gasteiger partial charge in [-0.3, -0.25) is 4.79 Å². The third-order valence-electron chi connectivity index (χ3n) is 1.32. The molecule has 5 N–H and O–H groups in total. The number of hydrogen-bond acceptors (Lipinski definition) is 2. The van der Waals surface area contributed by atoms with Crippen molar-refractivity contribution in [1.29, 1.82) is 0 Å². The van der Waals surface area contributed by atoms with Crippen molar-refractivity contribution in [3.63, 3.8) is 0 Å². The lowest BCUT2D eigenvalue weighted by Crippen LogP contribution is -2.29. The Hall–Kier alpha value is -1.26. The highest BCUT2D eigenvalue weighted by Gasteiger charge is 2.22. The molecule has 5 heteroatoms. The molecule has 0 spiro atoms. The van der Waals surface area contributed by atoms with Crippen LogP contribution in [0.25, 0.3) is 0 Å². The fraction of sp³-hybridized carbons (Fsp3) is 0.600. The zero-order valence-corrected chi connectivity index (χ0v) is 5.50. The molecule has 1 saturated heterocycles. The van der Waals surface area contributed by atoms with Crippen LogP contribution in [0, 0.1) is 0 Å². The molecule has 1 heterocycles. The standard InChI is InChI=1S/C5H10N4O/c6-5(7)9-3-1-2-8-4(3)10/h3H,1-2H2,(H,8,10)(H4,6,7,9)/t3-/m1/s1. The van der Waals surface area contributed by atoms with E-state index in [1.165, 1.54) is 0 Å². The molecule has 10 heavy (non-hydrogen) atoms. The van der Waals surface area contributed by atoms with Crippen molar-refractivity contribution in [3.05, 3.63) is 0 Å². The van der Waals surface area contributed by atoms with Gasteiger partial charge in [0.15, 0.2) is 5.96 Å². The molecule has 0 unspecified atom stereocenters. The second kappa shape index (κ2) is 2.55. The van der Waals surface area contributed by atoms with E-state index < -0.39 is 0 Å². The van der Waals surface area contributed by atoms with E-state index in [1.54, 1.807) is 0 Å². The van der Waals surface area contributed by atoms with Gasteiger partial charge in [0.05, 0.1) is 0 Å². The van der Waals surface area contributed by atoms with E-state index in [9.17, 15) is 4.79 Å². The molecule has 0 saturated carbocycles. The van der Waals surface area contributed by atoms with Gasteiger partial charge in [0.2, 0.25) is 5.91 Å². The van der Waals surface area contributed by atoms with Crippen molar-refractivity contribution in [2.45, 2.75) is 12.5 Å². The van der Waals surface area contributed by atoms with Crippen LogP contribution < -0.4 is 16.8 Å². The number of hydrogen-bond donors (Lipinski definition) is 3. The highest BCUT2D eigenvalue weighted by molar-refractivity contribution is 5.87. The number of nitrogens with one attached hydrogen (secondary N) is 1. The smallest absolute Gasteiger partial charge is 0.245 e. The third kappa shape index (κ3) is 1.37. The molecule has 0 aromatic rings. The number of amides is 1. The van der Waals surface area contributed by atoms with E-state index in [0.29, 0.717) is 13.0 Å². The van der Waals surface area contributed by atoms with E-state index in [-0.39, 0.29) is 17.9 Å². The maximum atomic E-state index is 10.8. The Balaban J connectivity index is 2.56. The average Bonchev–Trinajstić information content (AvgIpc) is 2.15. The summed E-state index contributed by atoms with van der Waals surface area (Å²) in [7, 11) is 0. The van der Waals surface area contributed by atoms with Gasteiger partial charge in [-0.2, -0.15) is 0 Å². The third-order valence-corrected chi connectivity index (χ3v) is 1.32. The van der Waals surface area contributed by atoms with Crippen LogP contribution in [0.2, 0.25) is 0 Å². The number of aliphatic imine (C=N–C) groups is 1. The Morgan fingerprint density at radius 3 is 2.80 bits per heavy atom. The van der Waals surface area contributed by atoms with E-state index >= 15 is 0 Å². The molecule has 1 rings (SSSR count). The van der Waals surface area contributed by atoms with Gasteiger partial charge in [0.1, 0.15) is 6.04 Å². The molecule has 1 amide bonds. The monoisotopic (exact) mass is 142 g/mol. The number of guanidine groups is 1. The summed E-state index contributed by atoms with van der Waals surface area (Å²) in [5.74, 6) is -0.115. The zero-order valence-electron chi connectivity index (χ0n) is 5.50. The van der Waals surface area contributed by atoms with Crippen LogP contribution in [0.1, 0.15) is 6.42 Å². The summed E-state index contributed by atoms with van der Waals surface area (Å²) in [6.45, 7) is 0.667. The number of rotatable bonds is 1. The first kappa shape index (κ1) is 6.85. The minimum atomic E-state index is -0.356. The lowest BCUT2D eigenvalue weighted by Gasteiger charge is -1.98. The SMILES string of the molecule is NC(N)=N[C@@H]1CCNC1=O. The molecule has 0 bridgehead atoms. The molecule has 1 aliphatic rings. The number of carbonyl (C=O) groups is 1. The largest absolute Gasteiger partial charge is 0.370 e. The Labute approximate surface area is 58.5 Å². The van der Waals surface area contributed by atoms with E-state index in [1.807, 2.05) is 0 Å². The second-order valence-corrected chi connectivity index (χ2v) is 2.15. The molecular formula is C5H10N4O. The molecule has 0 radical (unpaired) electrons. The second-order valence-electron chi connectivity index (χ2n) is 2.15. The molecule has 1 fully saturated rings. The lowest BCUT2D eigenvalue weighted by atomic mass is 10.3. The van der Waals surface area contributed by atoms with Crippen LogP contribution in [-0.2, 0) is 4.79 Å². The molecule has 1 atom stereocenters. The molecule has 0 aromatic carbocycles. The van der Waals surface area contributed by atoms with Crippen LogP contribution in [0.4, 0.5) is 0 Å². The van der Waals surface area contributed by atoms with E-state index in [0.717, 1.165) is 0 Å². The average molecular weight is 142 g/mol. The molecule has 5 nitrogen and oxygen atoms in total. The van der Waals surface area contributed by atoms with Crippen molar-refractivity contribution >= 4 is 11.9 Å². The Bertz CT molecular complexity index is 172. The highest BCUT2D eigenvalue weighted by Crippen LogP contribution is 2.02. The topological polar surface area (TPSA) is 93.5 Å². The van der Waals surface area contributed by atoms with Gasteiger partial charge in [0, 0.05) is 6.54 Å². The first-order chi connectivity index (χ1) is 4.70. The normalized spacial score (nSPS) is 24.0. The highest BCUT2D eigenvalue weighted by atomic mass is 16.2. The number of nitrogens with two attached hydrogens (primary N) is 2. The minimum absolute atomic E-state index is 0.0259. The summed E-state index contributed by atoms with van der Waals surface area (Å²) >= 11 is 0. The van der Waals surface area contributed by atoms with Gasteiger partial charge >= 0.3 is 0 Å². The Morgan fingerprint density at radius 1 is 1.70 bits per heavy atom. The maximum absolute atomic E-state index is 10.8. The van der Waals surface area contributed by atoms with Gasteiger partial charge in [-0.1, -0.05) is 0 Å². The zero-order chi connectivity index (χ0) is 7.56. The van der Waals surface area contributed by atoms with Crippen LogP contribution in [0.15, 0.2) is 4.99 Å². The number of carbonyl (C=O) groups excluding carboxylic acids is 1. The predicted octanol–water partition coefficient (Wildman–Crippen LogP) is -1.85. The molecule has 1 aliphatic heterocycles. The summed E-state index contributed by atoms with van der Waals surface area (Å²) in [5, 5.41) is 2.62. The molecular weight excluding hydrogens is 132 g/mol. The quantitative estimate of drug-likeness (QED) is 0.296. The van der Waals surface area contributed by atoms with Crippen LogP contribution in [0.3, 0.4) is 0 Å². The van der Waals surface area contributed by atoms with Gasteiger partial charge in [-0.25, -0.2) is 4.99 Å². The molecule has 0 aliphatic carbocycles.